The van der Waals surface area contributed by atoms with Crippen LogP contribution in [0.25, 0.3) is 0 Å². The average Bonchev–Trinajstić information content (AvgIpc) is 0. The zero-order chi connectivity index (χ0) is 0. The van der Waals surface area contributed by atoms with Crippen LogP contribution < -0.4 is 0 Å². The van der Waals surface area contributed by atoms with Crippen molar-refractivity contribution in [3.8, 4) is 0 Å². The Balaban J connectivity index is 0. The molecule has 0 saturated carbocycles. The second-order valence-corrected chi connectivity index (χ2v) is 0. The number of hydrogen-bond donors (Lipinski definition) is 0. The molecule has 0 aliphatic carbocycles. The molecule has 0 bridgehead atoms. The Morgan fingerprint density at radius 1 is 0.333 bits per heavy atom. The summed E-state index contributed by atoms with van der Waals surface area (Å²) in [6, 6.07) is 0. The predicted octanol–water partition coefficient (Wildman–Crippen LogP) is 1.45. The highest BCUT2D eigenvalue weighted by molar-refractivity contribution is 5.85. The van der Waals surface area contributed by atoms with E-state index in [1.54, 1.807) is 0 Å². The summed E-state index contributed by atoms with van der Waals surface area (Å²) < 4.78 is 0. The average molecular weight is 153 g/mol. The normalized spacial score (nSPS) is 0. The molecule has 0 saturated heterocycles. The van der Waals surface area contributed by atoms with E-state index in [1.807, 2.05) is 0 Å². The van der Waals surface area contributed by atoms with Gasteiger partial charge in [0.15, 0.2) is 0 Å². The minimum atomic E-state index is 0. The predicted molar refractivity (Wildman–Crippen MR) is 24.5 cm³/mol. The zero-order valence-corrected chi connectivity index (χ0v) is 4.08. The van der Waals surface area contributed by atoms with Gasteiger partial charge in [0, 0.05) is 0 Å². The van der Waals surface area contributed by atoms with Gasteiger partial charge in [-0.2, -0.15) is 0 Å². The smallest absolute Gasteiger partial charge is 0.147 e. The first-order valence-electron chi connectivity index (χ1n) is 0. The molecule has 0 spiro atoms. The quantitative estimate of drug-likeness (QED) is 0.462. The zero-order valence-electron chi connectivity index (χ0n) is 2.45. The van der Waals surface area contributed by atoms with Crippen molar-refractivity contribution < 1.29 is 18.8 Å². The fourth-order valence-electron chi connectivity index (χ4n) is 0. The van der Waals surface area contributed by atoms with Crippen LogP contribution in [0.5, 0.6) is 0 Å². The topological polar surface area (TPSA) is 0 Å². The highest BCUT2D eigenvalue weighted by atomic mass is 35.5. The minimum Gasteiger partial charge on any atom is -0.269 e. The third-order valence-corrected chi connectivity index (χ3v) is 0. The van der Waals surface area contributed by atoms with Gasteiger partial charge >= 0.3 is 0 Å². The summed E-state index contributed by atoms with van der Waals surface area (Å²) in [6.45, 7) is 0. The van der Waals surface area contributed by atoms with Crippen LogP contribution in [0.2, 0.25) is 0 Å². The van der Waals surface area contributed by atoms with E-state index in [-0.39, 0.29) is 43.6 Å². The maximum atomic E-state index is 0. The fourth-order valence-corrected chi connectivity index (χ4v) is 0. The van der Waals surface area contributed by atoms with Crippen molar-refractivity contribution >= 4 is 24.8 Å². The van der Waals surface area contributed by atoms with Gasteiger partial charge < -0.3 is 0 Å². The second kappa shape index (κ2) is 1090. The molecule has 0 aromatic rings. The van der Waals surface area contributed by atoms with Crippen molar-refractivity contribution in [2.45, 2.75) is 0 Å². The molecule has 6 heteroatoms. The lowest BCUT2D eigenvalue weighted by Crippen LogP contribution is 0.419. The Bertz CT molecular complexity index is 5.51. The van der Waals surface area contributed by atoms with E-state index in [4.69, 9.17) is 0 Å². The Hall–Kier alpha value is 0.300. The lowest BCUT2D eigenvalue weighted by Gasteiger charge is -0.270. The molecular weight excluding hydrogens is 147 g/mol. The first kappa shape index (κ1) is 1970. The standard InChI is InChI=1S/2ClH.4FH/h6*1H. The SMILES string of the molecule is Cl.Cl.F.F.F.F. The van der Waals surface area contributed by atoms with Gasteiger partial charge in [-0.3, -0.25) is 18.8 Å². The molecule has 0 aromatic heterocycles. The van der Waals surface area contributed by atoms with Gasteiger partial charge in [-0.15, -0.1) is 24.8 Å². The molecule has 0 aliphatic rings. The van der Waals surface area contributed by atoms with E-state index < -0.39 is 0 Å². The van der Waals surface area contributed by atoms with Gasteiger partial charge in [-0.25, -0.2) is 0 Å². The van der Waals surface area contributed by atoms with Gasteiger partial charge in [-0.05, 0) is 0 Å². The summed E-state index contributed by atoms with van der Waals surface area (Å²) in [7, 11) is 0. The van der Waals surface area contributed by atoms with Crippen LogP contribution in [0, 0.1) is 0 Å². The molecule has 6 heavy (non-hydrogen) atoms. The highest BCUT2D eigenvalue weighted by Gasteiger charge is -0.146. The Morgan fingerprint density at radius 3 is 0.333 bits per heavy atom. The third-order valence-electron chi connectivity index (χ3n) is 0. The van der Waals surface area contributed by atoms with E-state index in [9.17, 15) is 0 Å². The van der Waals surface area contributed by atoms with Crippen molar-refractivity contribution in [3.63, 3.8) is 0 Å². The Kier molecular flexibility index (Phi) is 357000. The second-order valence-electron chi connectivity index (χ2n) is 0. The number of hydrogen-bond acceptors (Lipinski definition) is 0. The van der Waals surface area contributed by atoms with Crippen molar-refractivity contribution in [2.75, 3.05) is 0 Å². The van der Waals surface area contributed by atoms with Gasteiger partial charge in [0.25, 0.3) is 0 Å². The van der Waals surface area contributed by atoms with Crippen molar-refractivity contribution in [1.29, 1.82) is 0 Å². The summed E-state index contributed by atoms with van der Waals surface area (Å²) in [6.07, 6.45) is 0. The monoisotopic (exact) mass is 152 g/mol. The molecule has 0 aromatic carbocycles. The van der Waals surface area contributed by atoms with Crippen LogP contribution in [0.1, 0.15) is 0 Å². The van der Waals surface area contributed by atoms with Gasteiger partial charge in [0.2, 0.25) is 0 Å². The summed E-state index contributed by atoms with van der Waals surface area (Å²) in [5.74, 6) is 0. The van der Waals surface area contributed by atoms with E-state index in [2.05, 4.69) is 0 Å². The van der Waals surface area contributed by atoms with E-state index in [0.717, 1.165) is 0 Å². The molecule has 0 nitrogen and oxygen atoms in total. The van der Waals surface area contributed by atoms with Crippen molar-refractivity contribution in [2.24, 2.45) is 0 Å². The maximum Gasteiger partial charge on any atom is -0.147 e. The number of rotatable bonds is 0. The molecule has 0 N–H and O–H groups in total. The van der Waals surface area contributed by atoms with Gasteiger partial charge in [0.1, 0.15) is 0 Å². The first-order valence-corrected chi connectivity index (χ1v) is 0. The van der Waals surface area contributed by atoms with Gasteiger partial charge in [0.05, 0.1) is 0 Å². The van der Waals surface area contributed by atoms with E-state index in [0.29, 0.717) is 0 Å². The van der Waals surface area contributed by atoms with Crippen molar-refractivity contribution in [3.05, 3.63) is 0 Å². The van der Waals surface area contributed by atoms with Crippen LogP contribution in [0.3, 0.4) is 0 Å². The lowest BCUT2D eigenvalue weighted by molar-refractivity contribution is 1.11. The molecular formula is H6Cl2F4. The minimum absolute atomic E-state index is 0. The summed E-state index contributed by atoms with van der Waals surface area (Å²) in [5, 5.41) is 0. The maximum absolute atomic E-state index is 0. The molecule has 0 heterocycles. The summed E-state index contributed by atoms with van der Waals surface area (Å²) in [4.78, 5) is 0. The summed E-state index contributed by atoms with van der Waals surface area (Å²) >= 11 is 0. The third kappa shape index (κ3) is 520. The molecule has 0 atom stereocenters. The van der Waals surface area contributed by atoms with Crippen LogP contribution in [0.15, 0.2) is 0 Å². The van der Waals surface area contributed by atoms with E-state index in [1.165, 1.54) is 0 Å². The molecule has 48 valence electrons. The molecule has 0 unspecified atom stereocenters. The van der Waals surface area contributed by atoms with E-state index >= 15 is 0 Å². The Labute approximate surface area is 44.6 Å². The fraction of sp³-hybridized carbons (Fsp3) is 0. The molecule has 0 rings (SSSR count). The Morgan fingerprint density at radius 2 is 0.333 bits per heavy atom. The van der Waals surface area contributed by atoms with Crippen LogP contribution in [-0.2, 0) is 0 Å². The molecule has 0 aliphatic heterocycles. The van der Waals surface area contributed by atoms with Crippen LogP contribution in [-0.4, -0.2) is 0 Å². The van der Waals surface area contributed by atoms with Gasteiger partial charge in [-0.1, -0.05) is 0 Å². The summed E-state index contributed by atoms with van der Waals surface area (Å²) in [5.41, 5.74) is 0. The molecule has 0 fully saturated rings. The number of halogens is 6. The lowest BCUT2D eigenvalue weighted by atomic mass is 19.0. The van der Waals surface area contributed by atoms with Crippen molar-refractivity contribution in [1.82, 2.24) is 0 Å². The first-order chi connectivity index (χ1) is 0. The van der Waals surface area contributed by atoms with Crippen LogP contribution in [0.4, 0.5) is 18.8 Å². The van der Waals surface area contributed by atoms with Crippen LogP contribution >= 0.6 is 24.8 Å². The largest absolute Gasteiger partial charge is 0.269 e. The molecule has 0 radical (unpaired) electrons. The highest BCUT2D eigenvalue weighted by Crippen LogP contribution is 0.691. The molecule has 0 amide bonds.